The van der Waals surface area contributed by atoms with Gasteiger partial charge in [0.15, 0.2) is 0 Å². The van der Waals surface area contributed by atoms with Gasteiger partial charge in [0, 0.05) is 28.9 Å². The molecule has 0 aliphatic carbocycles. The van der Waals surface area contributed by atoms with Gasteiger partial charge in [-0.25, -0.2) is 4.98 Å². The number of nitro groups is 1. The molecule has 1 aromatic heterocycles. The van der Waals surface area contributed by atoms with E-state index in [0.717, 1.165) is 22.4 Å². The van der Waals surface area contributed by atoms with Gasteiger partial charge >= 0.3 is 0 Å². The Morgan fingerprint density at radius 2 is 1.74 bits per heavy atom. The molecule has 0 aliphatic rings. The highest BCUT2D eigenvalue weighted by atomic mass is 16.6. The van der Waals surface area contributed by atoms with Crippen LogP contribution >= 0.6 is 0 Å². The van der Waals surface area contributed by atoms with Crippen molar-refractivity contribution in [2.75, 3.05) is 5.32 Å². The van der Waals surface area contributed by atoms with Crippen LogP contribution in [0, 0.1) is 10.1 Å². The Bertz CT molecular complexity index is 1140. The van der Waals surface area contributed by atoms with Gasteiger partial charge in [0.25, 0.3) is 11.6 Å². The van der Waals surface area contributed by atoms with Gasteiger partial charge in [-0.1, -0.05) is 30.3 Å². The molecule has 1 heterocycles. The second-order valence-corrected chi connectivity index (χ2v) is 5.94. The number of H-pyrrole nitrogens is 1. The van der Waals surface area contributed by atoms with Crippen LogP contribution in [0.15, 0.2) is 72.8 Å². The monoisotopic (exact) mass is 358 g/mol. The van der Waals surface area contributed by atoms with Crippen LogP contribution in [0.25, 0.3) is 22.4 Å². The molecule has 0 bridgehead atoms. The third-order valence-electron chi connectivity index (χ3n) is 4.13. The number of aromatic amines is 1. The van der Waals surface area contributed by atoms with Gasteiger partial charge in [-0.15, -0.1) is 0 Å². The number of hydrogen-bond donors (Lipinski definition) is 2. The van der Waals surface area contributed by atoms with Crippen molar-refractivity contribution in [3.8, 4) is 11.4 Å². The van der Waals surface area contributed by atoms with E-state index in [0.29, 0.717) is 11.3 Å². The molecule has 7 nitrogen and oxygen atoms in total. The SMILES string of the molecule is O=C(Nc1ccc2nc(-c3ccccc3)[nH]c2c1)c1ccc([N+](=O)[O-])cc1. The number of nitrogens with zero attached hydrogens (tertiary/aromatic N) is 2. The number of amides is 1. The Labute approximate surface area is 153 Å². The van der Waals surface area contributed by atoms with E-state index >= 15 is 0 Å². The van der Waals surface area contributed by atoms with Gasteiger partial charge in [0.05, 0.1) is 16.0 Å². The van der Waals surface area contributed by atoms with Crippen LogP contribution < -0.4 is 5.32 Å². The molecule has 0 saturated heterocycles. The number of non-ortho nitro benzene ring substituents is 1. The Hall–Kier alpha value is -4.00. The van der Waals surface area contributed by atoms with Crippen molar-refractivity contribution < 1.29 is 9.72 Å². The summed E-state index contributed by atoms with van der Waals surface area (Å²) in [7, 11) is 0. The Morgan fingerprint density at radius 1 is 1.00 bits per heavy atom. The van der Waals surface area contributed by atoms with E-state index in [4.69, 9.17) is 0 Å². The van der Waals surface area contributed by atoms with Gasteiger partial charge in [0.2, 0.25) is 0 Å². The van der Waals surface area contributed by atoms with E-state index in [1.165, 1.54) is 24.3 Å². The maximum absolute atomic E-state index is 12.4. The van der Waals surface area contributed by atoms with E-state index in [1.54, 1.807) is 12.1 Å². The molecular weight excluding hydrogens is 344 g/mol. The summed E-state index contributed by atoms with van der Waals surface area (Å²) in [6.45, 7) is 0. The average molecular weight is 358 g/mol. The normalized spacial score (nSPS) is 10.7. The number of anilines is 1. The van der Waals surface area contributed by atoms with E-state index in [1.807, 2.05) is 36.4 Å². The largest absolute Gasteiger partial charge is 0.338 e. The first-order valence-electron chi connectivity index (χ1n) is 8.21. The second-order valence-electron chi connectivity index (χ2n) is 5.94. The zero-order chi connectivity index (χ0) is 18.8. The van der Waals surface area contributed by atoms with Crippen LogP contribution in [0.5, 0.6) is 0 Å². The number of carbonyl (C=O) groups is 1. The molecule has 0 saturated carbocycles. The number of hydrogen-bond acceptors (Lipinski definition) is 4. The summed E-state index contributed by atoms with van der Waals surface area (Å²) >= 11 is 0. The molecular formula is C20H14N4O3. The quantitative estimate of drug-likeness (QED) is 0.417. The standard InChI is InChI=1S/C20H14N4O3/c25-20(14-6-9-16(10-7-14)24(26)27)21-15-8-11-17-18(12-15)23-19(22-17)13-4-2-1-3-5-13/h1-12H,(H,21,25)(H,22,23). The van der Waals surface area contributed by atoms with Crippen molar-refractivity contribution in [2.45, 2.75) is 0 Å². The lowest BCUT2D eigenvalue weighted by molar-refractivity contribution is -0.384. The highest BCUT2D eigenvalue weighted by Crippen LogP contribution is 2.23. The number of imidazole rings is 1. The molecule has 7 heteroatoms. The lowest BCUT2D eigenvalue weighted by Gasteiger charge is -2.05. The Balaban J connectivity index is 1.57. The van der Waals surface area contributed by atoms with Crippen molar-refractivity contribution >= 4 is 28.3 Å². The lowest BCUT2D eigenvalue weighted by Crippen LogP contribution is -2.11. The minimum absolute atomic E-state index is 0.0566. The molecule has 0 fully saturated rings. The number of benzene rings is 3. The number of rotatable bonds is 4. The topological polar surface area (TPSA) is 101 Å². The van der Waals surface area contributed by atoms with Gasteiger partial charge in [0.1, 0.15) is 5.82 Å². The molecule has 0 atom stereocenters. The van der Waals surface area contributed by atoms with Crippen LogP contribution in [-0.2, 0) is 0 Å². The van der Waals surface area contributed by atoms with Crippen molar-refractivity contribution in [1.29, 1.82) is 0 Å². The highest BCUT2D eigenvalue weighted by Gasteiger charge is 2.11. The maximum atomic E-state index is 12.4. The summed E-state index contributed by atoms with van der Waals surface area (Å²) in [5.74, 6) is 0.413. The summed E-state index contributed by atoms with van der Waals surface area (Å²) in [6.07, 6.45) is 0. The summed E-state index contributed by atoms with van der Waals surface area (Å²) in [6, 6.07) is 20.6. The minimum Gasteiger partial charge on any atom is -0.338 e. The molecule has 0 aliphatic heterocycles. The first-order chi connectivity index (χ1) is 13.1. The summed E-state index contributed by atoms with van der Waals surface area (Å²) in [5, 5.41) is 13.5. The number of aromatic nitrogens is 2. The molecule has 4 aromatic rings. The van der Waals surface area contributed by atoms with E-state index in [-0.39, 0.29) is 11.6 Å². The third kappa shape index (κ3) is 3.38. The summed E-state index contributed by atoms with van der Waals surface area (Å²) < 4.78 is 0. The van der Waals surface area contributed by atoms with Gasteiger partial charge in [-0.05, 0) is 30.3 Å². The van der Waals surface area contributed by atoms with Crippen molar-refractivity contribution in [3.63, 3.8) is 0 Å². The van der Waals surface area contributed by atoms with Crippen LogP contribution in [0.3, 0.4) is 0 Å². The Kier molecular flexibility index (Phi) is 4.10. The first kappa shape index (κ1) is 16.5. The fourth-order valence-corrected chi connectivity index (χ4v) is 2.76. The minimum atomic E-state index is -0.502. The molecule has 0 radical (unpaired) electrons. The average Bonchev–Trinajstić information content (AvgIpc) is 3.12. The zero-order valence-electron chi connectivity index (χ0n) is 14.0. The predicted molar refractivity (Wildman–Crippen MR) is 103 cm³/mol. The Morgan fingerprint density at radius 3 is 2.44 bits per heavy atom. The van der Waals surface area contributed by atoms with Crippen molar-refractivity contribution in [2.24, 2.45) is 0 Å². The highest BCUT2D eigenvalue weighted by molar-refractivity contribution is 6.05. The molecule has 132 valence electrons. The fraction of sp³-hybridized carbons (Fsp3) is 0. The third-order valence-corrected chi connectivity index (χ3v) is 4.13. The number of nitro benzene ring substituents is 1. The lowest BCUT2D eigenvalue weighted by atomic mass is 10.2. The van der Waals surface area contributed by atoms with E-state index < -0.39 is 4.92 Å². The zero-order valence-corrected chi connectivity index (χ0v) is 14.0. The number of carbonyl (C=O) groups excluding carboxylic acids is 1. The second kappa shape index (κ2) is 6.72. The number of nitrogens with one attached hydrogen (secondary N) is 2. The molecule has 27 heavy (non-hydrogen) atoms. The van der Waals surface area contributed by atoms with Gasteiger partial charge in [-0.3, -0.25) is 14.9 Å². The molecule has 0 spiro atoms. The van der Waals surface area contributed by atoms with Gasteiger partial charge < -0.3 is 10.3 Å². The van der Waals surface area contributed by atoms with E-state index in [2.05, 4.69) is 15.3 Å². The first-order valence-corrected chi connectivity index (χ1v) is 8.21. The molecule has 4 rings (SSSR count). The van der Waals surface area contributed by atoms with Crippen LogP contribution in [-0.4, -0.2) is 20.8 Å². The van der Waals surface area contributed by atoms with Crippen LogP contribution in [0.1, 0.15) is 10.4 Å². The molecule has 3 aromatic carbocycles. The molecule has 0 unspecified atom stereocenters. The molecule has 1 amide bonds. The maximum Gasteiger partial charge on any atom is 0.269 e. The number of fused-ring (bicyclic) bond motifs is 1. The summed E-state index contributed by atoms with van der Waals surface area (Å²) in [4.78, 5) is 30.4. The van der Waals surface area contributed by atoms with Crippen LogP contribution in [0.4, 0.5) is 11.4 Å². The van der Waals surface area contributed by atoms with Crippen molar-refractivity contribution in [3.05, 3.63) is 88.5 Å². The predicted octanol–water partition coefficient (Wildman–Crippen LogP) is 4.39. The van der Waals surface area contributed by atoms with E-state index in [9.17, 15) is 14.9 Å². The van der Waals surface area contributed by atoms with Gasteiger partial charge in [-0.2, -0.15) is 0 Å². The fourth-order valence-electron chi connectivity index (χ4n) is 2.76. The van der Waals surface area contributed by atoms with Crippen molar-refractivity contribution in [1.82, 2.24) is 9.97 Å². The molecule has 2 N–H and O–H groups in total. The summed E-state index contributed by atoms with van der Waals surface area (Å²) in [5.41, 5.74) is 3.46. The smallest absolute Gasteiger partial charge is 0.269 e. The van der Waals surface area contributed by atoms with Crippen LogP contribution in [0.2, 0.25) is 0 Å².